The molecule has 0 fully saturated rings. The van der Waals surface area contributed by atoms with Crippen molar-refractivity contribution in [3.63, 3.8) is 0 Å². The fourth-order valence-corrected chi connectivity index (χ4v) is 12.7. The van der Waals surface area contributed by atoms with Gasteiger partial charge in [-0.25, -0.2) is 0 Å². The average molecular weight is 340 g/mol. The monoisotopic (exact) mass is 340 g/mol. The molecule has 1 unspecified atom stereocenters. The maximum atomic E-state index is 12.6. The van der Waals surface area contributed by atoms with Crippen molar-refractivity contribution in [3.05, 3.63) is 0 Å². The molecule has 0 heterocycles. The summed E-state index contributed by atoms with van der Waals surface area (Å²) in [6, 6.07) is 0. The third-order valence-electron chi connectivity index (χ3n) is 4.91. The first-order valence-electron chi connectivity index (χ1n) is 8.86. The van der Waals surface area contributed by atoms with Crippen molar-refractivity contribution in [1.82, 2.24) is 0 Å². The van der Waals surface area contributed by atoms with E-state index in [9.17, 15) is 9.46 Å². The molecule has 0 rings (SSSR count). The molecule has 0 amide bonds. The maximum absolute atomic E-state index is 12.6. The molecular formula is C16H38O3P2. The molecule has 5 heteroatoms. The van der Waals surface area contributed by atoms with Crippen LogP contribution >= 0.6 is 14.4 Å². The van der Waals surface area contributed by atoms with Crippen molar-refractivity contribution < 1.29 is 13.8 Å². The van der Waals surface area contributed by atoms with Crippen molar-refractivity contribution in [3.8, 4) is 0 Å². The normalized spacial score (nSPS) is 17.1. The topological polar surface area (TPSA) is 46.5 Å². The van der Waals surface area contributed by atoms with E-state index in [1.54, 1.807) is 0 Å². The van der Waals surface area contributed by atoms with Crippen LogP contribution in [0.2, 0.25) is 0 Å². The van der Waals surface area contributed by atoms with E-state index in [2.05, 4.69) is 27.7 Å². The SMILES string of the molecule is CCCCP(=O)(O)OP(CC)(CC)(CCCC)CCCC. The summed E-state index contributed by atoms with van der Waals surface area (Å²) in [4.78, 5) is 10.4. The molecule has 0 bridgehead atoms. The minimum absolute atomic E-state index is 0.319. The van der Waals surface area contributed by atoms with Crippen molar-refractivity contribution in [1.29, 1.82) is 0 Å². The Labute approximate surface area is 132 Å². The van der Waals surface area contributed by atoms with Gasteiger partial charge < -0.3 is 0 Å². The summed E-state index contributed by atoms with van der Waals surface area (Å²) in [6.07, 6.45) is 10.4. The van der Waals surface area contributed by atoms with E-state index < -0.39 is 14.4 Å². The zero-order chi connectivity index (χ0) is 16.4. The van der Waals surface area contributed by atoms with Gasteiger partial charge in [0.1, 0.15) is 0 Å². The van der Waals surface area contributed by atoms with E-state index in [0.29, 0.717) is 6.16 Å². The van der Waals surface area contributed by atoms with Gasteiger partial charge in [0.25, 0.3) is 0 Å². The van der Waals surface area contributed by atoms with Gasteiger partial charge in [0, 0.05) is 0 Å². The predicted molar refractivity (Wildman–Crippen MR) is 98.2 cm³/mol. The summed E-state index contributed by atoms with van der Waals surface area (Å²) in [5.41, 5.74) is 0. The molecule has 0 aliphatic carbocycles. The first-order chi connectivity index (χ1) is 9.82. The van der Waals surface area contributed by atoms with Crippen LogP contribution in [-0.4, -0.2) is 35.7 Å². The Balaban J connectivity index is 5.37. The summed E-state index contributed by atoms with van der Waals surface area (Å²) < 4.78 is 18.9. The molecule has 0 aliphatic heterocycles. The van der Waals surface area contributed by atoms with Crippen LogP contribution in [0.1, 0.15) is 73.1 Å². The van der Waals surface area contributed by atoms with Crippen molar-refractivity contribution >= 4 is 14.4 Å². The van der Waals surface area contributed by atoms with Crippen LogP contribution in [0, 0.1) is 0 Å². The third-order valence-corrected chi connectivity index (χ3v) is 14.8. The predicted octanol–water partition coefficient (Wildman–Crippen LogP) is 6.10. The Bertz CT molecular complexity index is 315. The van der Waals surface area contributed by atoms with Crippen molar-refractivity contribution in [2.24, 2.45) is 0 Å². The van der Waals surface area contributed by atoms with Gasteiger partial charge in [0.05, 0.1) is 0 Å². The Morgan fingerprint density at radius 3 is 1.62 bits per heavy atom. The minimum atomic E-state index is -3.45. The van der Waals surface area contributed by atoms with E-state index in [4.69, 9.17) is 4.31 Å². The van der Waals surface area contributed by atoms with Gasteiger partial charge in [-0.1, -0.05) is 0 Å². The first kappa shape index (κ1) is 21.6. The molecule has 0 radical (unpaired) electrons. The van der Waals surface area contributed by atoms with E-state index in [1.807, 2.05) is 6.92 Å². The average Bonchev–Trinajstić information content (AvgIpc) is 2.48. The van der Waals surface area contributed by atoms with Crippen LogP contribution in [0.15, 0.2) is 0 Å². The standard InChI is InChI=1S/C16H38O3P2/c1-6-11-14-20(17,18)19-21(9-4,10-5,15-12-7-2)16-13-8-3/h6-16H2,1-5H3,(H,17,18). The molecule has 0 spiro atoms. The number of hydrogen-bond donors (Lipinski definition) is 1. The van der Waals surface area contributed by atoms with E-state index in [-0.39, 0.29) is 0 Å². The van der Waals surface area contributed by atoms with Gasteiger partial charge in [0.15, 0.2) is 0 Å². The molecule has 0 saturated heterocycles. The second kappa shape index (κ2) is 9.66. The van der Waals surface area contributed by atoms with E-state index >= 15 is 0 Å². The van der Waals surface area contributed by atoms with E-state index in [0.717, 1.165) is 63.2 Å². The molecule has 3 nitrogen and oxygen atoms in total. The molecule has 1 N–H and O–H groups in total. The van der Waals surface area contributed by atoms with Crippen LogP contribution < -0.4 is 0 Å². The van der Waals surface area contributed by atoms with Gasteiger partial charge in [-0.3, -0.25) is 0 Å². The van der Waals surface area contributed by atoms with Gasteiger partial charge in [-0.05, 0) is 0 Å². The van der Waals surface area contributed by atoms with Gasteiger partial charge in [-0.2, -0.15) is 0 Å². The number of rotatable bonds is 13. The zero-order valence-electron chi connectivity index (χ0n) is 14.9. The Hall–Kier alpha value is 0.580. The molecule has 0 aromatic heterocycles. The number of hydrogen-bond acceptors (Lipinski definition) is 2. The molecule has 0 saturated carbocycles. The Morgan fingerprint density at radius 2 is 1.29 bits per heavy atom. The Morgan fingerprint density at radius 1 is 0.857 bits per heavy atom. The van der Waals surface area contributed by atoms with Crippen LogP contribution in [0.5, 0.6) is 0 Å². The Kier molecular flexibility index (Phi) is 9.93. The summed E-state index contributed by atoms with van der Waals surface area (Å²) in [5.74, 6) is 0. The van der Waals surface area contributed by atoms with Gasteiger partial charge in [0.2, 0.25) is 0 Å². The molecule has 0 aromatic rings. The zero-order valence-corrected chi connectivity index (χ0v) is 16.7. The molecule has 0 aliphatic rings. The van der Waals surface area contributed by atoms with Crippen LogP contribution in [0.3, 0.4) is 0 Å². The van der Waals surface area contributed by atoms with Crippen molar-refractivity contribution in [2.45, 2.75) is 73.1 Å². The quantitative estimate of drug-likeness (QED) is 0.412. The van der Waals surface area contributed by atoms with Gasteiger partial charge >= 0.3 is 132 Å². The van der Waals surface area contributed by atoms with Gasteiger partial charge in [-0.15, -0.1) is 0 Å². The van der Waals surface area contributed by atoms with Crippen LogP contribution in [0.4, 0.5) is 0 Å². The summed E-state index contributed by atoms with van der Waals surface area (Å²) in [6.45, 7) is 8.25. The fourth-order valence-electron chi connectivity index (χ4n) is 3.04. The fraction of sp³-hybridized carbons (Fsp3) is 1.00. The van der Waals surface area contributed by atoms with E-state index in [1.165, 1.54) is 0 Å². The second-order valence-electron chi connectivity index (χ2n) is 6.44. The molecule has 21 heavy (non-hydrogen) atoms. The second-order valence-corrected chi connectivity index (χ2v) is 14.7. The molecular weight excluding hydrogens is 302 g/mol. The first-order valence-corrected chi connectivity index (χ1v) is 13.5. The number of unbranched alkanes of at least 4 members (excludes halogenated alkanes) is 3. The summed E-state index contributed by atoms with van der Waals surface area (Å²) >= 11 is 0. The summed E-state index contributed by atoms with van der Waals surface area (Å²) in [7, 11) is -3.45. The van der Waals surface area contributed by atoms with Crippen LogP contribution in [0.25, 0.3) is 0 Å². The van der Waals surface area contributed by atoms with Crippen molar-refractivity contribution in [2.75, 3.05) is 30.8 Å². The third kappa shape index (κ3) is 6.69. The molecule has 130 valence electrons. The summed E-state index contributed by atoms with van der Waals surface area (Å²) in [5, 5.41) is 0. The van der Waals surface area contributed by atoms with Crippen LogP contribution in [-0.2, 0) is 8.88 Å². The molecule has 0 aromatic carbocycles. The molecule has 1 atom stereocenters.